The first kappa shape index (κ1) is 15.6. The fourth-order valence-corrected chi connectivity index (χ4v) is 2.39. The molecule has 1 aromatic rings. The molecule has 1 rings (SSSR count). The summed E-state index contributed by atoms with van der Waals surface area (Å²) < 4.78 is 14.4. The van der Waals surface area contributed by atoms with Gasteiger partial charge in [-0.3, -0.25) is 4.79 Å². The van der Waals surface area contributed by atoms with Crippen LogP contribution in [0.5, 0.6) is 0 Å². The predicted molar refractivity (Wildman–Crippen MR) is 78.7 cm³/mol. The molecule has 0 unspecified atom stereocenters. The van der Waals surface area contributed by atoms with Gasteiger partial charge in [0.15, 0.2) is 0 Å². The van der Waals surface area contributed by atoms with Crippen LogP contribution in [-0.4, -0.2) is 29.2 Å². The zero-order valence-corrected chi connectivity index (χ0v) is 13.4. The van der Waals surface area contributed by atoms with Gasteiger partial charge in [-0.05, 0) is 24.6 Å². The molecule has 0 saturated heterocycles. The molecule has 0 heterocycles. The number of alkyl halides is 1. The Balaban J connectivity index is 2.90. The Kier molecular flexibility index (Phi) is 6.86. The van der Waals surface area contributed by atoms with Gasteiger partial charge in [-0.25, -0.2) is 4.39 Å². The first-order valence-electron chi connectivity index (χ1n) is 5.90. The van der Waals surface area contributed by atoms with Gasteiger partial charge in [0.05, 0.1) is 5.56 Å². The zero-order valence-electron chi connectivity index (χ0n) is 10.3. The van der Waals surface area contributed by atoms with Crippen molar-refractivity contribution in [2.75, 3.05) is 18.4 Å². The van der Waals surface area contributed by atoms with Crippen molar-refractivity contribution in [1.29, 1.82) is 0 Å². The fraction of sp³-hybridized carbons (Fsp3) is 0.462. The van der Waals surface area contributed by atoms with E-state index in [0.717, 1.165) is 12.8 Å². The monoisotopic (exact) mass is 379 g/mol. The second kappa shape index (κ2) is 7.89. The van der Waals surface area contributed by atoms with Crippen molar-refractivity contribution in [3.63, 3.8) is 0 Å². The maximum absolute atomic E-state index is 13.7. The van der Waals surface area contributed by atoms with Gasteiger partial charge < -0.3 is 4.90 Å². The van der Waals surface area contributed by atoms with E-state index in [1.807, 2.05) is 0 Å². The van der Waals surface area contributed by atoms with Crippen molar-refractivity contribution >= 4 is 37.8 Å². The standard InChI is InChI=1S/C13H16Br2FNO/c1-2-3-7-17(8-6-14)13(18)11-9-10(15)4-5-12(11)16/h4-5,9H,2-3,6-8H2,1H3. The molecule has 0 bridgehead atoms. The predicted octanol–water partition coefficient (Wildman–Crippen LogP) is 4.23. The van der Waals surface area contributed by atoms with Crippen LogP contribution in [0.2, 0.25) is 0 Å². The summed E-state index contributed by atoms with van der Waals surface area (Å²) in [5, 5.41) is 0.693. The summed E-state index contributed by atoms with van der Waals surface area (Å²) in [7, 11) is 0. The van der Waals surface area contributed by atoms with Gasteiger partial charge >= 0.3 is 0 Å². The van der Waals surface area contributed by atoms with E-state index in [1.54, 1.807) is 11.0 Å². The van der Waals surface area contributed by atoms with Crippen LogP contribution in [-0.2, 0) is 0 Å². The fourth-order valence-electron chi connectivity index (χ4n) is 1.60. The first-order chi connectivity index (χ1) is 8.60. The third kappa shape index (κ3) is 4.35. The summed E-state index contributed by atoms with van der Waals surface area (Å²) in [6.07, 6.45) is 1.93. The van der Waals surface area contributed by atoms with Crippen molar-refractivity contribution in [2.45, 2.75) is 19.8 Å². The number of halogens is 3. The van der Waals surface area contributed by atoms with E-state index in [-0.39, 0.29) is 11.5 Å². The first-order valence-corrected chi connectivity index (χ1v) is 7.82. The number of rotatable bonds is 6. The molecule has 100 valence electrons. The van der Waals surface area contributed by atoms with Crippen LogP contribution in [0.4, 0.5) is 4.39 Å². The molecule has 0 aromatic heterocycles. The molecule has 18 heavy (non-hydrogen) atoms. The number of nitrogens with zero attached hydrogens (tertiary/aromatic N) is 1. The molecular weight excluding hydrogens is 365 g/mol. The highest BCUT2D eigenvalue weighted by Crippen LogP contribution is 2.17. The van der Waals surface area contributed by atoms with Gasteiger partial charge in [0.2, 0.25) is 0 Å². The smallest absolute Gasteiger partial charge is 0.256 e. The van der Waals surface area contributed by atoms with Gasteiger partial charge in [-0.1, -0.05) is 45.2 Å². The van der Waals surface area contributed by atoms with Crippen molar-refractivity contribution in [2.24, 2.45) is 0 Å². The Labute approximate surface area is 124 Å². The molecule has 0 radical (unpaired) electrons. The van der Waals surface area contributed by atoms with Crippen LogP contribution in [0.15, 0.2) is 22.7 Å². The Hall–Kier alpha value is -0.420. The maximum atomic E-state index is 13.7. The van der Waals surface area contributed by atoms with E-state index in [1.165, 1.54) is 12.1 Å². The molecule has 0 spiro atoms. The Morgan fingerprint density at radius 1 is 1.39 bits per heavy atom. The summed E-state index contributed by atoms with van der Waals surface area (Å²) in [5.74, 6) is -0.721. The van der Waals surface area contributed by atoms with Crippen LogP contribution in [0.25, 0.3) is 0 Å². The number of benzene rings is 1. The minimum absolute atomic E-state index is 0.126. The van der Waals surface area contributed by atoms with Gasteiger partial charge in [0.1, 0.15) is 5.82 Å². The molecule has 0 aliphatic rings. The van der Waals surface area contributed by atoms with Gasteiger partial charge in [-0.15, -0.1) is 0 Å². The quantitative estimate of drug-likeness (QED) is 0.676. The summed E-state index contributed by atoms with van der Waals surface area (Å²) in [6, 6.07) is 4.43. The van der Waals surface area contributed by atoms with Crippen molar-refractivity contribution in [3.8, 4) is 0 Å². The van der Waals surface area contributed by atoms with Crippen LogP contribution in [0.1, 0.15) is 30.1 Å². The van der Waals surface area contributed by atoms with Crippen molar-refractivity contribution in [3.05, 3.63) is 34.1 Å². The summed E-state index contributed by atoms with van der Waals surface area (Å²) in [6.45, 7) is 3.31. The second-order valence-electron chi connectivity index (χ2n) is 3.96. The average molecular weight is 381 g/mol. The molecule has 0 fully saturated rings. The largest absolute Gasteiger partial charge is 0.338 e. The number of unbranched alkanes of at least 4 members (excludes halogenated alkanes) is 1. The summed E-state index contributed by atoms with van der Waals surface area (Å²) in [4.78, 5) is 13.9. The van der Waals surface area contributed by atoms with Crippen molar-refractivity contribution in [1.82, 2.24) is 4.90 Å². The minimum atomic E-state index is -0.473. The lowest BCUT2D eigenvalue weighted by atomic mass is 10.1. The topological polar surface area (TPSA) is 20.3 Å². The molecular formula is C13H16Br2FNO. The maximum Gasteiger partial charge on any atom is 0.256 e. The summed E-state index contributed by atoms with van der Waals surface area (Å²) >= 11 is 6.58. The molecule has 5 heteroatoms. The van der Waals surface area contributed by atoms with Crippen LogP contribution < -0.4 is 0 Å². The van der Waals surface area contributed by atoms with Gasteiger partial charge in [-0.2, -0.15) is 0 Å². The van der Waals surface area contributed by atoms with Crippen LogP contribution in [0, 0.1) is 5.82 Å². The second-order valence-corrected chi connectivity index (χ2v) is 5.67. The third-order valence-corrected chi connectivity index (χ3v) is 3.43. The van der Waals surface area contributed by atoms with Crippen molar-refractivity contribution < 1.29 is 9.18 Å². The Morgan fingerprint density at radius 2 is 2.11 bits per heavy atom. The zero-order chi connectivity index (χ0) is 13.5. The third-order valence-electron chi connectivity index (χ3n) is 2.58. The van der Waals surface area contributed by atoms with Crippen LogP contribution >= 0.6 is 31.9 Å². The van der Waals surface area contributed by atoms with Gasteiger partial charge in [0, 0.05) is 22.9 Å². The lowest BCUT2D eigenvalue weighted by molar-refractivity contribution is 0.0759. The van der Waals surface area contributed by atoms with E-state index in [9.17, 15) is 9.18 Å². The highest BCUT2D eigenvalue weighted by atomic mass is 79.9. The lowest BCUT2D eigenvalue weighted by Crippen LogP contribution is -2.34. The molecule has 0 atom stereocenters. The number of hydrogen-bond acceptors (Lipinski definition) is 1. The van der Waals surface area contributed by atoms with E-state index < -0.39 is 5.82 Å². The van der Waals surface area contributed by atoms with E-state index in [0.29, 0.717) is 22.9 Å². The highest BCUT2D eigenvalue weighted by Gasteiger charge is 2.18. The van der Waals surface area contributed by atoms with E-state index in [2.05, 4.69) is 38.8 Å². The Bertz CT molecular complexity index is 412. The number of carbonyl (C=O) groups is 1. The molecule has 1 amide bonds. The van der Waals surface area contributed by atoms with E-state index >= 15 is 0 Å². The SMILES string of the molecule is CCCCN(CCBr)C(=O)c1cc(Br)ccc1F. The number of hydrogen-bond donors (Lipinski definition) is 0. The average Bonchev–Trinajstić information content (AvgIpc) is 2.36. The molecule has 0 N–H and O–H groups in total. The Morgan fingerprint density at radius 3 is 2.72 bits per heavy atom. The molecule has 2 nitrogen and oxygen atoms in total. The number of carbonyl (C=O) groups excluding carboxylic acids is 1. The molecule has 0 aliphatic carbocycles. The lowest BCUT2D eigenvalue weighted by Gasteiger charge is -2.22. The van der Waals surface area contributed by atoms with Gasteiger partial charge in [0.25, 0.3) is 5.91 Å². The molecule has 0 saturated carbocycles. The normalized spacial score (nSPS) is 10.4. The molecule has 1 aromatic carbocycles. The van der Waals surface area contributed by atoms with E-state index in [4.69, 9.17) is 0 Å². The summed E-state index contributed by atoms with van der Waals surface area (Å²) in [5.41, 5.74) is 0.126. The molecule has 0 aliphatic heterocycles. The minimum Gasteiger partial charge on any atom is -0.338 e. The highest BCUT2D eigenvalue weighted by molar-refractivity contribution is 9.10. The van der Waals surface area contributed by atoms with Crippen LogP contribution in [0.3, 0.4) is 0 Å². The number of amides is 1.